The number of amides is 2. The van der Waals surface area contributed by atoms with Crippen molar-refractivity contribution in [1.29, 1.82) is 0 Å². The molecule has 0 fully saturated rings. The zero-order chi connectivity index (χ0) is 27.8. The van der Waals surface area contributed by atoms with E-state index < -0.39 is 16.1 Å². The van der Waals surface area contributed by atoms with Crippen LogP contribution >= 0.6 is 11.6 Å². The molecule has 2 aromatic carbocycles. The lowest BCUT2D eigenvalue weighted by Crippen LogP contribution is -2.49. The second kappa shape index (κ2) is 13.8. The van der Waals surface area contributed by atoms with Gasteiger partial charge >= 0.3 is 0 Å². The van der Waals surface area contributed by atoms with Crippen LogP contribution in [0, 0.1) is 18.7 Å². The zero-order valence-corrected chi connectivity index (χ0v) is 23.7. The first-order valence-corrected chi connectivity index (χ1v) is 14.6. The van der Waals surface area contributed by atoms with Crippen LogP contribution in [-0.4, -0.2) is 50.5 Å². The summed E-state index contributed by atoms with van der Waals surface area (Å²) in [4.78, 5) is 27.9. The largest absolute Gasteiger partial charge is 0.354 e. The van der Waals surface area contributed by atoms with Crippen molar-refractivity contribution in [2.45, 2.75) is 59.5 Å². The second-order valence-corrected chi connectivity index (χ2v) is 11.9. The molecule has 0 unspecified atom stereocenters. The molecule has 0 saturated heterocycles. The lowest BCUT2D eigenvalue weighted by Gasteiger charge is -2.31. The fourth-order valence-electron chi connectivity index (χ4n) is 3.96. The summed E-state index contributed by atoms with van der Waals surface area (Å²) in [6.45, 7) is 8.28. The number of hydrogen-bond donors (Lipinski definition) is 1. The quantitative estimate of drug-likeness (QED) is 0.382. The Morgan fingerprint density at radius 1 is 1.11 bits per heavy atom. The van der Waals surface area contributed by atoms with Crippen LogP contribution < -0.4 is 9.62 Å². The van der Waals surface area contributed by atoms with Gasteiger partial charge in [-0.15, -0.1) is 0 Å². The number of anilines is 1. The fourth-order valence-corrected chi connectivity index (χ4v) is 5.14. The SMILES string of the molecule is CC[C@@H](C(=O)NCC(C)C)N(Cc1ccc(F)cc1)C(=O)CCCN(c1cc(Cl)ccc1C)S(C)(=O)=O. The van der Waals surface area contributed by atoms with Gasteiger partial charge in [-0.2, -0.15) is 0 Å². The lowest BCUT2D eigenvalue weighted by molar-refractivity contribution is -0.141. The van der Waals surface area contributed by atoms with Gasteiger partial charge in [0, 0.05) is 31.1 Å². The van der Waals surface area contributed by atoms with Gasteiger partial charge in [0.1, 0.15) is 11.9 Å². The molecule has 0 saturated carbocycles. The number of benzene rings is 2. The standard InChI is InChI=1S/C27H37ClFN3O4S/c1-6-24(27(34)30-17-19(2)3)31(18-21-10-13-23(29)14-11-21)26(33)8-7-15-32(37(5,35)36)25-16-22(28)12-9-20(25)4/h9-14,16,19,24H,6-8,15,17-18H2,1-5H3,(H,30,34)/t24-/m0/s1. The summed E-state index contributed by atoms with van der Waals surface area (Å²) in [5.74, 6) is -0.675. The van der Waals surface area contributed by atoms with Crippen LogP contribution in [0.3, 0.4) is 0 Å². The molecule has 1 atom stereocenters. The van der Waals surface area contributed by atoms with E-state index in [1.54, 1.807) is 37.3 Å². The first-order valence-electron chi connectivity index (χ1n) is 12.4. The number of nitrogens with zero attached hydrogens (tertiary/aromatic N) is 2. The minimum atomic E-state index is -3.63. The highest BCUT2D eigenvalue weighted by Crippen LogP contribution is 2.27. The zero-order valence-electron chi connectivity index (χ0n) is 22.1. The van der Waals surface area contributed by atoms with Crippen LogP contribution in [0.4, 0.5) is 10.1 Å². The van der Waals surface area contributed by atoms with Crippen LogP contribution in [0.1, 0.15) is 51.2 Å². The van der Waals surface area contributed by atoms with Crippen molar-refractivity contribution < 1.29 is 22.4 Å². The molecular formula is C27H37ClFN3O4S. The topological polar surface area (TPSA) is 86.8 Å². The van der Waals surface area contributed by atoms with Crippen molar-refractivity contribution in [3.63, 3.8) is 0 Å². The van der Waals surface area contributed by atoms with Crippen LogP contribution in [0.2, 0.25) is 5.02 Å². The Labute approximate surface area is 225 Å². The maximum Gasteiger partial charge on any atom is 0.242 e. The van der Waals surface area contributed by atoms with Crippen LogP contribution in [0.15, 0.2) is 42.5 Å². The maximum atomic E-state index is 13.4. The minimum absolute atomic E-state index is 0.0286. The maximum absolute atomic E-state index is 13.4. The third-order valence-electron chi connectivity index (χ3n) is 5.93. The molecule has 204 valence electrons. The Kier molecular flexibility index (Phi) is 11.4. The van der Waals surface area contributed by atoms with Crippen molar-refractivity contribution in [2.75, 3.05) is 23.7 Å². The molecule has 0 aliphatic heterocycles. The molecule has 7 nitrogen and oxygen atoms in total. The first kappa shape index (κ1) is 30.6. The van der Waals surface area contributed by atoms with Gasteiger partial charge in [0.05, 0.1) is 11.9 Å². The average Bonchev–Trinajstić information content (AvgIpc) is 2.82. The van der Waals surface area contributed by atoms with Gasteiger partial charge in [-0.05, 0) is 61.1 Å². The molecule has 0 heterocycles. The van der Waals surface area contributed by atoms with E-state index in [1.165, 1.54) is 21.3 Å². The van der Waals surface area contributed by atoms with Gasteiger partial charge in [0.25, 0.3) is 0 Å². The summed E-state index contributed by atoms with van der Waals surface area (Å²) in [6, 6.07) is 10.1. The van der Waals surface area contributed by atoms with E-state index in [9.17, 15) is 22.4 Å². The van der Waals surface area contributed by atoms with E-state index in [-0.39, 0.29) is 49.5 Å². The van der Waals surface area contributed by atoms with E-state index >= 15 is 0 Å². The van der Waals surface area contributed by atoms with Gasteiger partial charge in [-0.1, -0.05) is 50.6 Å². The number of nitrogens with one attached hydrogen (secondary N) is 1. The molecule has 0 aromatic heterocycles. The first-order chi connectivity index (χ1) is 17.3. The van der Waals surface area contributed by atoms with E-state index in [0.29, 0.717) is 29.2 Å². The summed E-state index contributed by atoms with van der Waals surface area (Å²) >= 11 is 6.11. The highest BCUT2D eigenvalue weighted by molar-refractivity contribution is 7.92. The van der Waals surface area contributed by atoms with Crippen LogP contribution in [0.5, 0.6) is 0 Å². The number of aryl methyl sites for hydroxylation is 1. The fraction of sp³-hybridized carbons (Fsp3) is 0.481. The monoisotopic (exact) mass is 553 g/mol. The summed E-state index contributed by atoms with van der Waals surface area (Å²) in [5.41, 5.74) is 1.90. The number of rotatable bonds is 13. The van der Waals surface area contributed by atoms with Crippen molar-refractivity contribution in [2.24, 2.45) is 5.92 Å². The predicted molar refractivity (Wildman–Crippen MR) is 146 cm³/mol. The van der Waals surface area contributed by atoms with Crippen molar-refractivity contribution in [1.82, 2.24) is 10.2 Å². The van der Waals surface area contributed by atoms with Crippen molar-refractivity contribution in [3.8, 4) is 0 Å². The summed E-state index contributed by atoms with van der Waals surface area (Å²) in [6.07, 6.45) is 1.78. The average molecular weight is 554 g/mol. The molecule has 10 heteroatoms. The smallest absolute Gasteiger partial charge is 0.242 e. The number of hydrogen-bond acceptors (Lipinski definition) is 4. The van der Waals surface area contributed by atoms with Gasteiger partial charge in [-0.25, -0.2) is 12.8 Å². The normalized spacial score (nSPS) is 12.3. The van der Waals surface area contributed by atoms with E-state index in [0.717, 1.165) is 11.8 Å². The summed E-state index contributed by atoms with van der Waals surface area (Å²) in [5, 5.41) is 3.31. The van der Waals surface area contributed by atoms with Gasteiger partial charge in [-0.3, -0.25) is 13.9 Å². The van der Waals surface area contributed by atoms with E-state index in [4.69, 9.17) is 11.6 Å². The number of carbonyl (C=O) groups excluding carboxylic acids is 2. The summed E-state index contributed by atoms with van der Waals surface area (Å²) in [7, 11) is -3.63. The third kappa shape index (κ3) is 9.31. The third-order valence-corrected chi connectivity index (χ3v) is 7.34. The Balaban J connectivity index is 2.23. The summed E-state index contributed by atoms with van der Waals surface area (Å²) < 4.78 is 39.8. The van der Waals surface area contributed by atoms with Gasteiger partial charge in [0.15, 0.2) is 0 Å². The molecule has 2 rings (SSSR count). The van der Waals surface area contributed by atoms with E-state index in [2.05, 4.69) is 5.32 Å². The molecule has 0 spiro atoms. The minimum Gasteiger partial charge on any atom is -0.354 e. The van der Waals surface area contributed by atoms with Crippen LogP contribution in [-0.2, 0) is 26.2 Å². The molecule has 2 aromatic rings. The number of carbonyl (C=O) groups is 2. The highest BCUT2D eigenvalue weighted by Gasteiger charge is 2.29. The van der Waals surface area contributed by atoms with Gasteiger partial charge < -0.3 is 10.2 Å². The molecule has 0 bridgehead atoms. The number of sulfonamides is 1. The Bertz CT molecular complexity index is 1170. The Morgan fingerprint density at radius 3 is 2.32 bits per heavy atom. The van der Waals surface area contributed by atoms with E-state index in [1.807, 2.05) is 20.8 Å². The highest BCUT2D eigenvalue weighted by atomic mass is 35.5. The Hall–Kier alpha value is -2.65. The van der Waals surface area contributed by atoms with Gasteiger partial charge in [0.2, 0.25) is 21.8 Å². The lowest BCUT2D eigenvalue weighted by atomic mass is 10.1. The molecular weight excluding hydrogens is 517 g/mol. The molecule has 1 N–H and O–H groups in total. The predicted octanol–water partition coefficient (Wildman–Crippen LogP) is 4.91. The molecule has 2 amide bonds. The molecule has 0 radical (unpaired) electrons. The Morgan fingerprint density at radius 2 is 1.76 bits per heavy atom. The van der Waals surface area contributed by atoms with Crippen molar-refractivity contribution >= 4 is 39.1 Å². The molecule has 37 heavy (non-hydrogen) atoms. The number of halogens is 2. The van der Waals surface area contributed by atoms with Crippen molar-refractivity contribution in [3.05, 3.63) is 64.4 Å². The van der Waals surface area contributed by atoms with Crippen LogP contribution in [0.25, 0.3) is 0 Å². The molecule has 0 aliphatic carbocycles. The molecule has 0 aliphatic rings. The second-order valence-electron chi connectivity index (χ2n) is 9.58.